The Labute approximate surface area is 211 Å². The summed E-state index contributed by atoms with van der Waals surface area (Å²) in [5.41, 5.74) is -0.855. The molecule has 0 spiro atoms. The van der Waals surface area contributed by atoms with E-state index in [2.05, 4.69) is 5.32 Å². The van der Waals surface area contributed by atoms with Crippen molar-refractivity contribution in [3.63, 3.8) is 0 Å². The van der Waals surface area contributed by atoms with Crippen molar-refractivity contribution in [1.82, 2.24) is 10.2 Å². The van der Waals surface area contributed by atoms with Crippen molar-refractivity contribution in [2.24, 2.45) is 5.41 Å². The predicted octanol–water partition coefficient (Wildman–Crippen LogP) is 1.75. The number of allylic oxidation sites excluding steroid dienone is 2. The van der Waals surface area contributed by atoms with Crippen LogP contribution in [0.5, 0.6) is 0 Å². The number of rotatable bonds is 7. The summed E-state index contributed by atoms with van der Waals surface area (Å²) in [6.07, 6.45) is 6.95. The lowest BCUT2D eigenvalue weighted by Gasteiger charge is -2.34. The Morgan fingerprint density at radius 2 is 1.83 bits per heavy atom. The van der Waals surface area contributed by atoms with Crippen LogP contribution in [0.4, 0.5) is 0 Å². The minimum atomic E-state index is -4.32. The summed E-state index contributed by atoms with van der Waals surface area (Å²) in [5.74, 6) is -2.63. The molecule has 192 valence electrons. The van der Waals surface area contributed by atoms with E-state index >= 15 is 0 Å². The van der Waals surface area contributed by atoms with Gasteiger partial charge >= 0.3 is 0 Å². The first kappa shape index (κ1) is 26.1. The van der Waals surface area contributed by atoms with Gasteiger partial charge in [-0.2, -0.15) is 8.42 Å². The van der Waals surface area contributed by atoms with Gasteiger partial charge in [0.25, 0.3) is 21.9 Å². The minimum Gasteiger partial charge on any atom is -0.295 e. The van der Waals surface area contributed by atoms with Crippen LogP contribution in [-0.4, -0.2) is 62.2 Å². The van der Waals surface area contributed by atoms with Crippen LogP contribution in [0.25, 0.3) is 0 Å². The largest absolute Gasteiger partial charge is 0.295 e. The Bertz CT molecular complexity index is 1330. The average molecular weight is 535 g/mol. The SMILES string of the molecule is CCCC(S(=O)c1cccc2c1C(=O)N(C1CCC(=O)NC1=O)C2=O)C1(C)C=CC(S(=O)(=O)O)C=C1. The second-order valence-corrected chi connectivity index (χ2v) is 12.4. The summed E-state index contributed by atoms with van der Waals surface area (Å²) in [4.78, 5) is 51.5. The summed E-state index contributed by atoms with van der Waals surface area (Å²) in [6.45, 7) is 3.68. The second-order valence-electron chi connectivity index (χ2n) is 9.26. The maximum Gasteiger partial charge on any atom is 0.275 e. The molecule has 10 nitrogen and oxygen atoms in total. The number of benzene rings is 1. The Morgan fingerprint density at radius 1 is 1.17 bits per heavy atom. The van der Waals surface area contributed by atoms with Crippen molar-refractivity contribution < 1.29 is 36.4 Å². The average Bonchev–Trinajstić information content (AvgIpc) is 3.07. The van der Waals surface area contributed by atoms with E-state index in [4.69, 9.17) is 0 Å². The molecule has 3 aliphatic rings. The zero-order chi connectivity index (χ0) is 26.4. The number of nitrogens with zero attached hydrogens (tertiary/aromatic N) is 1. The number of hydrogen-bond donors (Lipinski definition) is 2. The first-order valence-electron chi connectivity index (χ1n) is 11.5. The van der Waals surface area contributed by atoms with Crippen LogP contribution < -0.4 is 5.32 Å². The van der Waals surface area contributed by atoms with Crippen molar-refractivity contribution in [2.45, 2.75) is 61.0 Å². The Balaban J connectivity index is 1.70. The fraction of sp³-hybridized carbons (Fsp3) is 0.417. The molecule has 3 unspecified atom stereocenters. The van der Waals surface area contributed by atoms with Gasteiger partial charge in [-0.3, -0.25) is 38.2 Å². The minimum absolute atomic E-state index is 0.00953. The standard InChI is InChI=1S/C24H26N2O8S2/c1-3-5-18(24(2)12-10-14(11-13-24)36(32,33)34)35(31)17-7-4-6-15-20(17)23(30)26(22(15)29)16-8-9-19(27)25-21(16)28/h4,6-7,10-14,16,18H,3,5,8-9H2,1-2H3,(H,25,27,28)(H,32,33,34). The van der Waals surface area contributed by atoms with E-state index in [1.54, 1.807) is 19.1 Å². The molecule has 1 aromatic rings. The van der Waals surface area contributed by atoms with E-state index in [1.807, 2.05) is 6.92 Å². The van der Waals surface area contributed by atoms with Crippen LogP contribution in [-0.2, 0) is 30.5 Å². The third kappa shape index (κ3) is 4.48. The maximum atomic E-state index is 14.0. The number of carbonyl (C=O) groups excluding carboxylic acids is 4. The topological polar surface area (TPSA) is 155 Å². The smallest absolute Gasteiger partial charge is 0.275 e. The summed E-state index contributed by atoms with van der Waals surface area (Å²) in [7, 11) is -6.13. The first-order valence-corrected chi connectivity index (χ1v) is 14.2. The number of carbonyl (C=O) groups is 4. The fourth-order valence-electron chi connectivity index (χ4n) is 4.85. The summed E-state index contributed by atoms with van der Waals surface area (Å²) in [5, 5.41) is 0.357. The van der Waals surface area contributed by atoms with Gasteiger partial charge in [-0.15, -0.1) is 0 Å². The van der Waals surface area contributed by atoms with Crippen LogP contribution in [0.15, 0.2) is 47.4 Å². The lowest BCUT2D eigenvalue weighted by molar-refractivity contribution is -0.136. The van der Waals surface area contributed by atoms with Gasteiger partial charge in [-0.25, -0.2) is 0 Å². The highest BCUT2D eigenvalue weighted by Gasteiger charge is 2.47. The van der Waals surface area contributed by atoms with Crippen LogP contribution in [0.2, 0.25) is 0 Å². The second kappa shape index (κ2) is 9.49. The summed E-state index contributed by atoms with van der Waals surface area (Å²) >= 11 is 0. The molecule has 0 bridgehead atoms. The van der Waals surface area contributed by atoms with Crippen LogP contribution >= 0.6 is 0 Å². The summed E-state index contributed by atoms with van der Waals surface area (Å²) in [6, 6.07) is 3.34. The summed E-state index contributed by atoms with van der Waals surface area (Å²) < 4.78 is 46.4. The molecule has 3 atom stereocenters. The molecule has 4 rings (SSSR count). The third-order valence-corrected chi connectivity index (χ3v) is 9.82. The van der Waals surface area contributed by atoms with E-state index in [1.165, 1.54) is 30.4 Å². The van der Waals surface area contributed by atoms with Crippen molar-refractivity contribution in [1.29, 1.82) is 0 Å². The van der Waals surface area contributed by atoms with Gasteiger partial charge in [0.2, 0.25) is 11.8 Å². The van der Waals surface area contributed by atoms with Gasteiger partial charge in [0, 0.05) is 11.8 Å². The van der Waals surface area contributed by atoms with E-state index < -0.39 is 66.5 Å². The molecule has 1 fully saturated rings. The molecule has 0 saturated carbocycles. The Kier molecular flexibility index (Phi) is 6.88. The first-order chi connectivity index (χ1) is 16.9. The Morgan fingerprint density at radius 3 is 2.42 bits per heavy atom. The molecule has 36 heavy (non-hydrogen) atoms. The molecule has 4 amide bonds. The van der Waals surface area contributed by atoms with Gasteiger partial charge < -0.3 is 0 Å². The van der Waals surface area contributed by atoms with Gasteiger partial charge in [0.05, 0.1) is 32.1 Å². The van der Waals surface area contributed by atoms with E-state index in [-0.39, 0.29) is 28.9 Å². The lowest BCUT2D eigenvalue weighted by atomic mass is 9.81. The molecule has 2 N–H and O–H groups in total. The molecule has 0 radical (unpaired) electrons. The highest BCUT2D eigenvalue weighted by molar-refractivity contribution is 7.86. The molecule has 1 aromatic carbocycles. The number of amides is 4. The van der Waals surface area contributed by atoms with E-state index in [9.17, 15) is 36.4 Å². The van der Waals surface area contributed by atoms with Crippen molar-refractivity contribution >= 4 is 44.5 Å². The van der Waals surface area contributed by atoms with Crippen molar-refractivity contribution in [3.8, 4) is 0 Å². The van der Waals surface area contributed by atoms with Gasteiger partial charge in [-0.1, -0.05) is 50.6 Å². The van der Waals surface area contributed by atoms with Crippen molar-refractivity contribution in [3.05, 3.63) is 53.6 Å². The quantitative estimate of drug-likeness (QED) is 0.305. The third-order valence-electron chi connectivity index (χ3n) is 6.78. The fourth-order valence-corrected chi connectivity index (χ4v) is 7.39. The zero-order valence-corrected chi connectivity index (χ0v) is 21.3. The van der Waals surface area contributed by atoms with E-state index in [0.29, 0.717) is 12.8 Å². The zero-order valence-electron chi connectivity index (χ0n) is 19.7. The molecule has 2 heterocycles. The number of piperidine rings is 1. The van der Waals surface area contributed by atoms with Crippen molar-refractivity contribution in [2.75, 3.05) is 0 Å². The highest BCUT2D eigenvalue weighted by Crippen LogP contribution is 2.40. The number of imide groups is 2. The van der Waals surface area contributed by atoms with Crippen LogP contribution in [0.3, 0.4) is 0 Å². The maximum absolute atomic E-state index is 14.0. The number of hydrogen-bond acceptors (Lipinski definition) is 7. The molecule has 12 heteroatoms. The number of nitrogens with one attached hydrogen (secondary N) is 1. The lowest BCUT2D eigenvalue weighted by Crippen LogP contribution is -2.54. The predicted molar refractivity (Wildman–Crippen MR) is 130 cm³/mol. The van der Waals surface area contributed by atoms with Gasteiger partial charge in [-0.05, 0) is 25.0 Å². The molecular formula is C24H26N2O8S2. The molecule has 0 aromatic heterocycles. The van der Waals surface area contributed by atoms with E-state index in [0.717, 1.165) is 4.90 Å². The monoisotopic (exact) mass is 534 g/mol. The molecular weight excluding hydrogens is 508 g/mol. The normalized spacial score (nSPS) is 27.7. The molecule has 1 aliphatic carbocycles. The molecule has 1 saturated heterocycles. The number of fused-ring (bicyclic) bond motifs is 1. The van der Waals surface area contributed by atoms with Crippen LogP contribution in [0.1, 0.15) is 60.2 Å². The Hall–Kier alpha value is -2.96. The molecule has 2 aliphatic heterocycles. The van der Waals surface area contributed by atoms with Crippen LogP contribution in [0, 0.1) is 5.41 Å². The van der Waals surface area contributed by atoms with Gasteiger partial charge in [0.1, 0.15) is 11.3 Å². The van der Waals surface area contributed by atoms with Gasteiger partial charge in [0.15, 0.2) is 0 Å². The highest BCUT2D eigenvalue weighted by atomic mass is 32.2.